The number of aromatic nitrogens is 4. The monoisotopic (exact) mass is 430 g/mol. The van der Waals surface area contributed by atoms with Crippen molar-refractivity contribution in [1.29, 1.82) is 0 Å². The van der Waals surface area contributed by atoms with Crippen LogP contribution in [0.1, 0.15) is 39.4 Å². The molecule has 0 spiro atoms. The third-order valence-corrected chi connectivity index (χ3v) is 5.48. The molecule has 5 rings (SSSR count). The van der Waals surface area contributed by atoms with Gasteiger partial charge in [-0.2, -0.15) is 0 Å². The van der Waals surface area contributed by atoms with Crippen molar-refractivity contribution in [3.8, 4) is 11.4 Å². The second kappa shape index (κ2) is 7.44. The highest BCUT2D eigenvalue weighted by Gasteiger charge is 2.24. The molecule has 0 atom stereocenters. The molecular formula is C25H23FN4O2. The second-order valence-corrected chi connectivity index (χ2v) is 8.50. The maximum Gasteiger partial charge on any atom is 0.313 e. The van der Waals surface area contributed by atoms with E-state index in [1.54, 1.807) is 32.2 Å². The lowest BCUT2D eigenvalue weighted by atomic mass is 10.2. The normalized spacial score (nSPS) is 12.0. The predicted octanol–water partition coefficient (Wildman–Crippen LogP) is 5.65. The number of ether oxygens (including phenoxy) is 1. The van der Waals surface area contributed by atoms with Crippen molar-refractivity contribution in [2.75, 3.05) is 0 Å². The summed E-state index contributed by atoms with van der Waals surface area (Å²) in [6.45, 7) is 7.73. The largest absolute Gasteiger partial charge is 0.424 e. The van der Waals surface area contributed by atoms with Crippen LogP contribution in [0.4, 0.5) is 4.39 Å². The van der Waals surface area contributed by atoms with Crippen LogP contribution in [-0.2, 0) is 4.79 Å². The molecule has 7 heteroatoms. The van der Waals surface area contributed by atoms with E-state index in [1.165, 1.54) is 12.1 Å². The summed E-state index contributed by atoms with van der Waals surface area (Å²) in [5.74, 6) is 0.366. The van der Waals surface area contributed by atoms with E-state index in [1.807, 2.05) is 33.2 Å². The Balaban J connectivity index is 1.92. The van der Waals surface area contributed by atoms with Gasteiger partial charge in [0, 0.05) is 11.6 Å². The van der Waals surface area contributed by atoms with Crippen molar-refractivity contribution in [3.05, 3.63) is 66.4 Å². The first-order valence-corrected chi connectivity index (χ1v) is 10.6. The lowest BCUT2D eigenvalue weighted by Crippen LogP contribution is -2.14. The molecule has 32 heavy (non-hydrogen) atoms. The van der Waals surface area contributed by atoms with Crippen molar-refractivity contribution in [2.24, 2.45) is 5.92 Å². The van der Waals surface area contributed by atoms with Gasteiger partial charge in [-0.1, -0.05) is 39.8 Å². The Morgan fingerprint density at radius 2 is 1.69 bits per heavy atom. The van der Waals surface area contributed by atoms with E-state index < -0.39 is 0 Å². The molecule has 0 aliphatic rings. The number of hydrogen-bond donors (Lipinski definition) is 0. The lowest BCUT2D eigenvalue weighted by Gasteiger charge is -2.12. The van der Waals surface area contributed by atoms with Gasteiger partial charge in [0.25, 0.3) is 0 Å². The van der Waals surface area contributed by atoms with Crippen molar-refractivity contribution in [3.63, 3.8) is 0 Å². The Labute approximate surface area is 184 Å². The maximum absolute atomic E-state index is 13.6. The van der Waals surface area contributed by atoms with Gasteiger partial charge in [0.15, 0.2) is 17.0 Å². The second-order valence-electron chi connectivity index (χ2n) is 8.50. The lowest BCUT2D eigenvalue weighted by molar-refractivity contribution is -0.137. The molecule has 5 aromatic rings. The van der Waals surface area contributed by atoms with Crippen molar-refractivity contribution in [2.45, 2.75) is 33.6 Å². The zero-order valence-electron chi connectivity index (χ0n) is 18.3. The van der Waals surface area contributed by atoms with Crippen molar-refractivity contribution < 1.29 is 13.9 Å². The zero-order chi connectivity index (χ0) is 22.6. The van der Waals surface area contributed by atoms with E-state index in [0.717, 1.165) is 16.9 Å². The number of para-hydroxylation sites is 2. The topological polar surface area (TPSA) is 61.4 Å². The van der Waals surface area contributed by atoms with Crippen LogP contribution < -0.4 is 4.74 Å². The Hall–Kier alpha value is -3.74. The average Bonchev–Trinajstić information content (AvgIpc) is 3.32. The smallest absolute Gasteiger partial charge is 0.313 e. The van der Waals surface area contributed by atoms with Crippen LogP contribution in [0.25, 0.3) is 33.4 Å². The number of nitrogens with zero attached hydrogens (tertiary/aromatic N) is 4. The molecular weight excluding hydrogens is 407 g/mol. The number of fused-ring (bicyclic) bond motifs is 5. The molecule has 0 fully saturated rings. The van der Waals surface area contributed by atoms with E-state index in [0.29, 0.717) is 28.1 Å². The minimum absolute atomic E-state index is 0.109. The summed E-state index contributed by atoms with van der Waals surface area (Å²) >= 11 is 0. The summed E-state index contributed by atoms with van der Waals surface area (Å²) in [5.41, 5.74) is 3.77. The van der Waals surface area contributed by atoms with E-state index >= 15 is 0 Å². The summed E-state index contributed by atoms with van der Waals surface area (Å²) in [7, 11) is 0. The van der Waals surface area contributed by atoms with Crippen LogP contribution in [0.3, 0.4) is 0 Å². The van der Waals surface area contributed by atoms with Crippen LogP contribution in [0.15, 0.2) is 54.7 Å². The molecule has 0 aliphatic carbocycles. The van der Waals surface area contributed by atoms with Gasteiger partial charge in [0.2, 0.25) is 0 Å². The molecule has 0 saturated heterocycles. The van der Waals surface area contributed by atoms with Crippen molar-refractivity contribution in [1.82, 2.24) is 18.9 Å². The quantitative estimate of drug-likeness (QED) is 0.346. The van der Waals surface area contributed by atoms with E-state index in [4.69, 9.17) is 14.7 Å². The molecule has 3 aromatic heterocycles. The first kappa shape index (κ1) is 20.2. The number of imidazole rings is 1. The van der Waals surface area contributed by atoms with Crippen LogP contribution in [-0.4, -0.2) is 24.9 Å². The Kier molecular flexibility index (Phi) is 4.69. The average molecular weight is 430 g/mol. The standard InChI is InChI=1S/C25H23FN4O2/c1-14(2)22-28-23-21(24-27-18-7-5-6-8-19(18)30(22)24)20(32-25(31)15(3)4)13-29(23)17-11-9-16(26)10-12-17/h5-15H,1-4H3. The predicted molar refractivity (Wildman–Crippen MR) is 122 cm³/mol. The fourth-order valence-electron chi connectivity index (χ4n) is 3.87. The van der Waals surface area contributed by atoms with Gasteiger partial charge < -0.3 is 4.74 Å². The highest BCUT2D eigenvalue weighted by molar-refractivity contribution is 6.01. The van der Waals surface area contributed by atoms with Gasteiger partial charge >= 0.3 is 5.97 Å². The first-order valence-electron chi connectivity index (χ1n) is 10.6. The molecule has 0 saturated carbocycles. The van der Waals surface area contributed by atoms with Crippen LogP contribution in [0, 0.1) is 11.7 Å². The van der Waals surface area contributed by atoms with Gasteiger partial charge in [-0.05, 0) is 36.4 Å². The fraction of sp³-hybridized carbons (Fsp3) is 0.240. The molecule has 0 amide bonds. The highest BCUT2D eigenvalue weighted by atomic mass is 19.1. The number of benzene rings is 2. The summed E-state index contributed by atoms with van der Waals surface area (Å²) in [4.78, 5) is 22.4. The van der Waals surface area contributed by atoms with Crippen molar-refractivity contribution >= 4 is 33.7 Å². The number of carbonyl (C=O) groups is 1. The molecule has 0 aliphatic heterocycles. The van der Waals surface area contributed by atoms with Gasteiger partial charge in [-0.3, -0.25) is 13.8 Å². The molecule has 0 bridgehead atoms. The number of hydrogen-bond acceptors (Lipinski definition) is 4. The summed E-state index contributed by atoms with van der Waals surface area (Å²) in [5, 5.41) is 0.643. The third kappa shape index (κ3) is 3.12. The molecule has 3 heterocycles. The van der Waals surface area contributed by atoms with Crippen LogP contribution in [0.2, 0.25) is 0 Å². The molecule has 6 nitrogen and oxygen atoms in total. The highest BCUT2D eigenvalue weighted by Crippen LogP contribution is 2.36. The van der Waals surface area contributed by atoms with Gasteiger partial charge in [0.05, 0.1) is 23.1 Å². The Morgan fingerprint density at radius 1 is 0.969 bits per heavy atom. The summed E-state index contributed by atoms with van der Waals surface area (Å²) in [6.07, 6.45) is 1.73. The van der Waals surface area contributed by atoms with E-state index in [2.05, 4.69) is 13.8 Å². The SMILES string of the molecule is CC(C)C(=O)Oc1cn(-c2ccc(F)cc2)c2nc(C(C)C)n3c4ccccc4nc3c12. The van der Waals surface area contributed by atoms with E-state index in [9.17, 15) is 9.18 Å². The molecule has 0 unspecified atom stereocenters. The maximum atomic E-state index is 13.6. The molecule has 0 radical (unpaired) electrons. The Morgan fingerprint density at radius 3 is 2.38 bits per heavy atom. The van der Waals surface area contributed by atoms with Gasteiger partial charge in [0.1, 0.15) is 17.0 Å². The number of rotatable bonds is 4. The third-order valence-electron chi connectivity index (χ3n) is 5.48. The van der Waals surface area contributed by atoms with Crippen LogP contribution >= 0.6 is 0 Å². The van der Waals surface area contributed by atoms with Crippen LogP contribution in [0.5, 0.6) is 5.75 Å². The number of esters is 1. The van der Waals surface area contributed by atoms with E-state index in [-0.39, 0.29) is 23.6 Å². The summed E-state index contributed by atoms with van der Waals surface area (Å²) < 4.78 is 23.2. The Bertz CT molecular complexity index is 1480. The summed E-state index contributed by atoms with van der Waals surface area (Å²) in [6, 6.07) is 14.0. The van der Waals surface area contributed by atoms with Gasteiger partial charge in [-0.15, -0.1) is 0 Å². The molecule has 2 aromatic carbocycles. The number of halogens is 1. The zero-order valence-corrected chi connectivity index (χ0v) is 18.3. The molecule has 162 valence electrons. The fourth-order valence-corrected chi connectivity index (χ4v) is 3.87. The molecule has 0 N–H and O–H groups in total. The first-order chi connectivity index (χ1) is 15.3. The van der Waals surface area contributed by atoms with Gasteiger partial charge in [-0.25, -0.2) is 14.4 Å². The minimum Gasteiger partial charge on any atom is -0.424 e. The number of carbonyl (C=O) groups excluding carboxylic acids is 1. The minimum atomic E-state index is -0.342.